The van der Waals surface area contributed by atoms with Gasteiger partial charge in [0, 0.05) is 24.7 Å². The Morgan fingerprint density at radius 2 is 1.81 bits per heavy atom. The maximum absolute atomic E-state index is 12.0. The van der Waals surface area contributed by atoms with Gasteiger partial charge in [0.05, 0.1) is 18.0 Å². The van der Waals surface area contributed by atoms with Crippen LogP contribution in [0, 0.1) is 10.1 Å². The average molecular weight is 381 g/mol. The number of esters is 1. The van der Waals surface area contributed by atoms with Crippen molar-refractivity contribution in [2.45, 2.75) is 32.2 Å². The van der Waals surface area contributed by atoms with E-state index >= 15 is 0 Å². The van der Waals surface area contributed by atoms with Crippen LogP contribution in [0.2, 0.25) is 0 Å². The molecule has 0 unspecified atom stereocenters. The summed E-state index contributed by atoms with van der Waals surface area (Å²) in [6, 6.07) is 4.09. The molecule has 0 bridgehead atoms. The molecule has 27 heavy (non-hydrogen) atoms. The number of carbonyl (C=O) groups is 3. The summed E-state index contributed by atoms with van der Waals surface area (Å²) in [5.41, 5.74) is 5.70. The minimum atomic E-state index is -1.22. The summed E-state index contributed by atoms with van der Waals surface area (Å²) in [5, 5.41) is 13.3. The first-order chi connectivity index (χ1) is 12.8. The largest absolute Gasteiger partial charge is 0.466 e. The Kier molecular flexibility index (Phi) is 8.86. The lowest BCUT2D eigenvalue weighted by Gasteiger charge is -2.25. The van der Waals surface area contributed by atoms with Gasteiger partial charge < -0.3 is 20.5 Å². The summed E-state index contributed by atoms with van der Waals surface area (Å²) in [4.78, 5) is 46.1. The van der Waals surface area contributed by atoms with Crippen LogP contribution in [-0.4, -0.2) is 48.6 Å². The number of nitrogens with one attached hydrogen (secondary N) is 1. The zero-order valence-corrected chi connectivity index (χ0v) is 15.2. The van der Waals surface area contributed by atoms with Gasteiger partial charge in [0.25, 0.3) is 5.69 Å². The van der Waals surface area contributed by atoms with Gasteiger partial charge in [-0.1, -0.05) is 12.1 Å². The molecule has 0 aromatic heterocycles. The van der Waals surface area contributed by atoms with Crippen molar-refractivity contribution in [3.8, 4) is 0 Å². The summed E-state index contributed by atoms with van der Waals surface area (Å²) in [6.07, 6.45) is -0.242. The molecular weight excluding hydrogens is 358 g/mol. The van der Waals surface area contributed by atoms with Gasteiger partial charge in [0.1, 0.15) is 12.6 Å². The average Bonchev–Trinajstić information content (AvgIpc) is 2.63. The van der Waals surface area contributed by atoms with Gasteiger partial charge in [-0.2, -0.15) is 0 Å². The van der Waals surface area contributed by atoms with E-state index in [9.17, 15) is 24.5 Å². The number of hydrogen-bond acceptors (Lipinski definition) is 7. The highest BCUT2D eigenvalue weighted by atomic mass is 16.6. The number of primary amides is 1. The molecule has 2 atom stereocenters. The number of ether oxygens (including phenoxy) is 2. The van der Waals surface area contributed by atoms with E-state index in [1.54, 1.807) is 13.8 Å². The topological polar surface area (TPSA) is 151 Å². The number of carbonyl (C=O) groups excluding carboxylic acids is 3. The van der Waals surface area contributed by atoms with Crippen LogP contribution in [0.15, 0.2) is 24.3 Å². The normalized spacial score (nSPS) is 12.7. The van der Waals surface area contributed by atoms with Crippen molar-refractivity contribution in [1.29, 1.82) is 0 Å². The van der Waals surface area contributed by atoms with Gasteiger partial charge in [-0.25, -0.2) is 0 Å². The van der Waals surface area contributed by atoms with Crippen LogP contribution in [0.25, 0.3) is 0 Å². The van der Waals surface area contributed by atoms with Crippen LogP contribution in [-0.2, 0) is 23.9 Å². The molecule has 1 rings (SSSR count). The fraction of sp³-hybridized carbons (Fsp3) is 0.471. The lowest BCUT2D eigenvalue weighted by atomic mass is 9.87. The van der Waals surface area contributed by atoms with E-state index < -0.39 is 34.7 Å². The molecule has 10 nitrogen and oxygen atoms in total. The Hall–Kier alpha value is -3.01. The van der Waals surface area contributed by atoms with Crippen molar-refractivity contribution in [2.75, 3.05) is 19.8 Å². The number of nitrogens with two attached hydrogens (primary N) is 1. The first-order valence-electron chi connectivity index (χ1n) is 8.36. The molecule has 0 fully saturated rings. The van der Waals surface area contributed by atoms with E-state index in [2.05, 4.69) is 5.32 Å². The second-order valence-corrected chi connectivity index (χ2v) is 5.55. The monoisotopic (exact) mass is 381 g/mol. The van der Waals surface area contributed by atoms with Crippen molar-refractivity contribution in [1.82, 2.24) is 5.32 Å². The van der Waals surface area contributed by atoms with E-state index in [4.69, 9.17) is 15.2 Å². The smallest absolute Gasteiger partial charge is 0.306 e. The summed E-state index contributed by atoms with van der Waals surface area (Å²) in [7, 11) is 0. The first kappa shape index (κ1) is 22.0. The predicted molar refractivity (Wildman–Crippen MR) is 94.7 cm³/mol. The molecule has 148 valence electrons. The van der Waals surface area contributed by atoms with Gasteiger partial charge in [-0.15, -0.1) is 0 Å². The Balaban J connectivity index is 3.15. The number of non-ortho nitro benzene ring substituents is 1. The number of benzene rings is 1. The lowest BCUT2D eigenvalue weighted by molar-refractivity contribution is -0.384. The zero-order valence-electron chi connectivity index (χ0n) is 15.2. The highest BCUT2D eigenvalue weighted by Gasteiger charge is 2.32. The highest BCUT2D eigenvalue weighted by molar-refractivity contribution is 5.88. The molecule has 1 aromatic rings. The fourth-order valence-corrected chi connectivity index (χ4v) is 2.45. The van der Waals surface area contributed by atoms with Gasteiger partial charge in [0.15, 0.2) is 0 Å². The van der Waals surface area contributed by atoms with Crippen LogP contribution in [0.5, 0.6) is 0 Å². The molecule has 0 saturated carbocycles. The standard InChI is InChI=1S/C17H23N3O7/c1-3-26-10-14(21)19-16(17(18)23)13(9-15(22)27-4-2)11-5-7-12(8-6-11)20(24)25/h5-8,13,16H,3-4,9-10H2,1-2H3,(H2,18,23)(H,19,21)/t13-,16+/m1/s1. The summed E-state index contributed by atoms with van der Waals surface area (Å²) < 4.78 is 9.91. The van der Waals surface area contributed by atoms with Gasteiger partial charge in [-0.05, 0) is 19.4 Å². The minimum Gasteiger partial charge on any atom is -0.466 e. The van der Waals surface area contributed by atoms with Crippen LogP contribution >= 0.6 is 0 Å². The molecule has 0 aliphatic carbocycles. The van der Waals surface area contributed by atoms with E-state index in [0.29, 0.717) is 12.2 Å². The van der Waals surface area contributed by atoms with E-state index in [1.807, 2.05) is 0 Å². The Bertz CT molecular complexity index is 676. The van der Waals surface area contributed by atoms with E-state index in [0.717, 1.165) is 0 Å². The van der Waals surface area contributed by atoms with Crippen molar-refractivity contribution < 1.29 is 28.8 Å². The second kappa shape index (κ2) is 10.9. The van der Waals surface area contributed by atoms with Crippen molar-refractivity contribution in [2.24, 2.45) is 5.73 Å². The third-order valence-electron chi connectivity index (χ3n) is 3.69. The molecule has 10 heteroatoms. The van der Waals surface area contributed by atoms with Crippen molar-refractivity contribution in [3.63, 3.8) is 0 Å². The molecule has 1 aromatic carbocycles. The third kappa shape index (κ3) is 7.02. The number of hydrogen-bond donors (Lipinski definition) is 2. The van der Waals surface area contributed by atoms with Crippen molar-refractivity contribution >= 4 is 23.5 Å². The number of nitrogens with zero attached hydrogens (tertiary/aromatic N) is 1. The predicted octanol–water partition coefficient (Wildman–Crippen LogP) is 0.638. The van der Waals surface area contributed by atoms with Crippen LogP contribution in [0.1, 0.15) is 31.7 Å². The molecule has 0 heterocycles. The maximum Gasteiger partial charge on any atom is 0.306 e. The minimum absolute atomic E-state index is 0.143. The second-order valence-electron chi connectivity index (χ2n) is 5.55. The molecule has 0 aliphatic rings. The molecule has 0 aliphatic heterocycles. The fourth-order valence-electron chi connectivity index (χ4n) is 2.45. The molecule has 0 saturated heterocycles. The van der Waals surface area contributed by atoms with Crippen molar-refractivity contribution in [3.05, 3.63) is 39.9 Å². The van der Waals surface area contributed by atoms with Crippen LogP contribution < -0.4 is 11.1 Å². The summed E-state index contributed by atoms with van der Waals surface area (Å²) >= 11 is 0. The van der Waals surface area contributed by atoms with E-state index in [-0.39, 0.29) is 25.3 Å². The zero-order chi connectivity index (χ0) is 20.4. The van der Waals surface area contributed by atoms with Crippen LogP contribution in [0.4, 0.5) is 5.69 Å². The molecule has 2 amide bonds. The molecule has 0 spiro atoms. The van der Waals surface area contributed by atoms with E-state index in [1.165, 1.54) is 24.3 Å². The Morgan fingerprint density at radius 3 is 2.30 bits per heavy atom. The Morgan fingerprint density at radius 1 is 1.19 bits per heavy atom. The number of amides is 2. The number of nitro groups is 1. The van der Waals surface area contributed by atoms with Crippen LogP contribution in [0.3, 0.4) is 0 Å². The Labute approximate surface area is 156 Å². The lowest BCUT2D eigenvalue weighted by Crippen LogP contribution is -2.49. The van der Waals surface area contributed by atoms with Gasteiger partial charge in [0.2, 0.25) is 11.8 Å². The maximum atomic E-state index is 12.0. The number of rotatable bonds is 11. The summed E-state index contributed by atoms with van der Waals surface area (Å²) in [6.45, 7) is 3.52. The van der Waals surface area contributed by atoms with Gasteiger partial charge >= 0.3 is 5.97 Å². The van der Waals surface area contributed by atoms with Gasteiger partial charge in [-0.3, -0.25) is 24.5 Å². The molecule has 0 radical (unpaired) electrons. The number of nitro benzene ring substituents is 1. The quantitative estimate of drug-likeness (QED) is 0.324. The third-order valence-corrected chi connectivity index (χ3v) is 3.69. The molecular formula is C17H23N3O7. The summed E-state index contributed by atoms with van der Waals surface area (Å²) in [5.74, 6) is -2.87. The first-order valence-corrected chi connectivity index (χ1v) is 8.36. The SMILES string of the molecule is CCOCC(=O)N[C@H](C(N)=O)[C@H](CC(=O)OCC)c1ccc([N+](=O)[O-])cc1. The molecule has 3 N–H and O–H groups in total. The highest BCUT2D eigenvalue weighted by Crippen LogP contribution is 2.26.